The van der Waals surface area contributed by atoms with E-state index >= 15 is 0 Å². The van der Waals surface area contributed by atoms with E-state index in [-0.39, 0.29) is 5.41 Å². The molecule has 238 valence electrons. The molecule has 0 aliphatic carbocycles. The summed E-state index contributed by atoms with van der Waals surface area (Å²) in [4.78, 5) is 0. The van der Waals surface area contributed by atoms with Crippen LogP contribution in [0.15, 0.2) is 84.9 Å². The van der Waals surface area contributed by atoms with E-state index in [1.807, 2.05) is 6.07 Å². The Hall–Kier alpha value is -1.40. The molecule has 0 saturated heterocycles. The summed E-state index contributed by atoms with van der Waals surface area (Å²) >= 11 is -0.826. The van der Waals surface area contributed by atoms with Crippen LogP contribution in [0.4, 0.5) is 0 Å². The van der Waals surface area contributed by atoms with E-state index in [1.165, 1.54) is 60.9 Å². The fraction of sp³-hybridized carbons (Fsp3) is 0.325. The Bertz CT molecular complexity index is 1710. The van der Waals surface area contributed by atoms with Crippen LogP contribution in [-0.2, 0) is 32.7 Å². The number of hydrogen-bond donors (Lipinski definition) is 0. The second-order valence-corrected chi connectivity index (χ2v) is 30.5. The van der Waals surface area contributed by atoms with Crippen molar-refractivity contribution in [2.24, 2.45) is 0 Å². The molecule has 5 aromatic rings. The molecular formula is C40H48Cl2Si3Zr. The number of benzene rings is 4. The summed E-state index contributed by atoms with van der Waals surface area (Å²) in [7, 11) is 7.84. The van der Waals surface area contributed by atoms with Crippen molar-refractivity contribution < 1.29 is 20.8 Å². The summed E-state index contributed by atoms with van der Waals surface area (Å²) < 4.78 is 0. The first-order valence-corrected chi connectivity index (χ1v) is 30.6. The zero-order valence-electron chi connectivity index (χ0n) is 29.3. The molecule has 0 spiro atoms. The maximum Gasteiger partial charge on any atom is 0.0920 e. The van der Waals surface area contributed by atoms with Crippen molar-refractivity contribution in [1.82, 2.24) is 0 Å². The van der Waals surface area contributed by atoms with E-state index in [0.717, 1.165) is 15.9 Å². The minimum atomic E-state index is -1.41. The molecule has 0 aromatic heterocycles. The molecule has 0 atom stereocenters. The minimum absolute atomic E-state index is 0.171. The molecular weight excluding hydrogens is 727 g/mol. The van der Waals surface area contributed by atoms with Gasteiger partial charge in [0.1, 0.15) is 0 Å². The molecule has 0 N–H and O–H groups in total. The van der Waals surface area contributed by atoms with Crippen LogP contribution < -0.4 is 20.7 Å². The van der Waals surface area contributed by atoms with Crippen molar-refractivity contribution in [3.8, 4) is 22.3 Å². The summed E-state index contributed by atoms with van der Waals surface area (Å²) in [5, 5.41) is 8.85. The topological polar surface area (TPSA) is 0 Å². The third-order valence-corrected chi connectivity index (χ3v) is 14.1. The van der Waals surface area contributed by atoms with E-state index in [0.29, 0.717) is 0 Å². The van der Waals surface area contributed by atoms with Crippen LogP contribution in [0.25, 0.3) is 33.0 Å². The molecule has 0 saturated carbocycles. The van der Waals surface area contributed by atoms with Crippen molar-refractivity contribution in [2.45, 2.75) is 85.2 Å². The maximum atomic E-state index is 4.93. The van der Waals surface area contributed by atoms with Gasteiger partial charge in [-0.1, -0.05) is 148 Å². The van der Waals surface area contributed by atoms with Gasteiger partial charge in [0.25, 0.3) is 0 Å². The van der Waals surface area contributed by atoms with Gasteiger partial charge in [-0.2, -0.15) is 35.5 Å². The van der Waals surface area contributed by atoms with E-state index in [4.69, 9.17) is 17.0 Å². The predicted octanol–water partition coefficient (Wildman–Crippen LogP) is 10.1. The molecule has 1 heterocycles. The van der Waals surface area contributed by atoms with E-state index in [9.17, 15) is 0 Å². The Morgan fingerprint density at radius 3 is 2.00 bits per heavy atom. The minimum Gasteiger partial charge on any atom is -0.184 e. The SMILES string of the molecule is CCCc1ccc2[cH-]c(C(C)(C)C)cc2c1-c1cc([Si](C)(C)C)cc([Si](C)(C)C)c1.[Cl][Zr+2][Cl].[c-]1cccc2c1[Si]c1ccccc1-2. The van der Waals surface area contributed by atoms with Gasteiger partial charge in [-0.15, -0.1) is 40.1 Å². The number of rotatable bonds is 5. The summed E-state index contributed by atoms with van der Waals surface area (Å²) in [5.41, 5.74) is 8.83. The molecule has 2 radical (unpaired) electrons. The third-order valence-electron chi connectivity index (χ3n) is 8.65. The Labute approximate surface area is 302 Å². The molecule has 5 aromatic carbocycles. The van der Waals surface area contributed by atoms with E-state index in [1.54, 1.807) is 10.4 Å². The van der Waals surface area contributed by atoms with E-state index < -0.39 is 37.0 Å². The van der Waals surface area contributed by atoms with Crippen molar-refractivity contribution >= 4 is 74.2 Å². The van der Waals surface area contributed by atoms with Crippen LogP contribution in [0.1, 0.15) is 45.2 Å². The Balaban J connectivity index is 0.000000245. The fourth-order valence-electron chi connectivity index (χ4n) is 5.94. The van der Waals surface area contributed by atoms with Gasteiger partial charge in [0.2, 0.25) is 0 Å². The number of hydrogen-bond acceptors (Lipinski definition) is 0. The summed E-state index contributed by atoms with van der Waals surface area (Å²) in [6.45, 7) is 24.1. The van der Waals surface area contributed by atoms with Gasteiger partial charge in [-0.05, 0) is 17.4 Å². The third kappa shape index (κ3) is 8.98. The Morgan fingerprint density at radius 1 is 0.804 bits per heavy atom. The first-order valence-electron chi connectivity index (χ1n) is 16.3. The van der Waals surface area contributed by atoms with Gasteiger partial charge in [-0.3, -0.25) is 0 Å². The maximum absolute atomic E-state index is 4.93. The van der Waals surface area contributed by atoms with Gasteiger partial charge in [-0.25, -0.2) is 0 Å². The van der Waals surface area contributed by atoms with Crippen LogP contribution in [0.3, 0.4) is 0 Å². The monoisotopic (exact) mass is 772 g/mol. The van der Waals surface area contributed by atoms with Crippen molar-refractivity contribution in [2.75, 3.05) is 0 Å². The molecule has 6 heteroatoms. The predicted molar refractivity (Wildman–Crippen MR) is 211 cm³/mol. The van der Waals surface area contributed by atoms with E-state index in [2.05, 4.69) is 152 Å². The molecule has 0 amide bonds. The van der Waals surface area contributed by atoms with Gasteiger partial charge in [0.15, 0.2) is 0 Å². The quantitative estimate of drug-likeness (QED) is 0.121. The van der Waals surface area contributed by atoms with Crippen molar-refractivity contribution in [3.05, 3.63) is 102 Å². The van der Waals surface area contributed by atoms with Gasteiger partial charge in [0, 0.05) is 0 Å². The van der Waals surface area contributed by atoms with Crippen LogP contribution in [0.2, 0.25) is 39.3 Å². The van der Waals surface area contributed by atoms with Gasteiger partial charge >= 0.3 is 37.9 Å². The average molecular weight is 775 g/mol. The average Bonchev–Trinajstić information content (AvgIpc) is 3.59. The van der Waals surface area contributed by atoms with Crippen molar-refractivity contribution in [3.63, 3.8) is 0 Å². The number of fused-ring (bicyclic) bond motifs is 4. The van der Waals surface area contributed by atoms with Gasteiger partial charge in [0.05, 0.1) is 25.7 Å². The first kappa shape index (κ1) is 37.4. The zero-order chi connectivity index (χ0) is 33.9. The standard InChI is InChI=1S/C28H41Si2.C12H7Si.2ClH.Zr/c1-11-12-20-13-14-21-15-23(28(2,3)4)18-26(21)27(20)22-16-24(29(5,6)7)19-25(17-22)30(8,9)10;1-3-7-11-9(5-1)10-6-2-4-8-12(10)13-11;;;/h13-19H,11-12H2,1-10H3;1-7H;2*1H;/q2*-1;;;+4/p-2. The number of aryl methyl sites for hydroxylation is 1. The molecule has 46 heavy (non-hydrogen) atoms. The molecule has 1 aliphatic heterocycles. The van der Waals surface area contributed by atoms with Crippen LogP contribution in [0.5, 0.6) is 0 Å². The van der Waals surface area contributed by atoms with Gasteiger partial charge < -0.3 is 0 Å². The second-order valence-electron chi connectivity index (χ2n) is 15.3. The van der Waals surface area contributed by atoms with Crippen LogP contribution >= 0.6 is 17.0 Å². The fourth-order valence-corrected chi connectivity index (χ4v) is 9.75. The summed E-state index contributed by atoms with van der Waals surface area (Å²) in [6, 6.07) is 35.4. The molecule has 0 unspecified atom stereocenters. The van der Waals surface area contributed by atoms with Crippen molar-refractivity contribution in [1.29, 1.82) is 0 Å². The Kier molecular flexibility index (Phi) is 12.6. The summed E-state index contributed by atoms with van der Waals surface area (Å²) in [6.07, 6.45) is 2.32. The normalized spacial score (nSPS) is 12.3. The molecule has 1 aliphatic rings. The zero-order valence-corrected chi connectivity index (χ0v) is 36.2. The van der Waals surface area contributed by atoms with Crippen LogP contribution in [-0.4, -0.2) is 25.7 Å². The molecule has 0 fully saturated rings. The first-order chi connectivity index (χ1) is 21.6. The van der Waals surface area contributed by atoms with Crippen LogP contribution in [0, 0.1) is 6.07 Å². The smallest absolute Gasteiger partial charge is 0.0920 e. The summed E-state index contributed by atoms with van der Waals surface area (Å²) in [5.74, 6) is 0. The largest absolute Gasteiger partial charge is 0.184 e. The molecule has 0 bridgehead atoms. The number of halogens is 2. The molecule has 0 nitrogen and oxygen atoms in total. The Morgan fingerprint density at radius 2 is 1.41 bits per heavy atom. The molecule has 6 rings (SSSR count). The second kappa shape index (κ2) is 15.4.